The lowest BCUT2D eigenvalue weighted by atomic mass is 9.81. The van der Waals surface area contributed by atoms with Gasteiger partial charge in [-0.1, -0.05) is 43.5 Å². The fourth-order valence-corrected chi connectivity index (χ4v) is 7.41. The smallest absolute Gasteiger partial charge is 0.273 e. The minimum absolute atomic E-state index is 0.0386. The van der Waals surface area contributed by atoms with Crippen molar-refractivity contribution in [1.82, 2.24) is 10.0 Å². The minimum atomic E-state index is -0.674. The van der Waals surface area contributed by atoms with Gasteiger partial charge in [0.2, 0.25) is 0 Å². The number of carbonyl (C=O) groups excluding carboxylic acids is 4. The third kappa shape index (κ3) is 3.72. The molecule has 1 aliphatic heterocycles. The second-order valence-electron chi connectivity index (χ2n) is 8.79. The fraction of sp³-hybridized carbons (Fsp3) is 0.333. The zero-order valence-corrected chi connectivity index (χ0v) is 21.5. The Balaban J connectivity index is 1.50. The molecule has 2 bridgehead atoms. The summed E-state index contributed by atoms with van der Waals surface area (Å²) in [5.41, 5.74) is 0.337. The Kier molecular flexibility index (Phi) is 6.14. The maximum Gasteiger partial charge on any atom is 0.273 e. The Labute approximate surface area is 216 Å². The average molecular weight is 613 g/mol. The number of hydrogen-bond donors (Lipinski definition) is 0. The molecule has 0 N–H and O–H groups in total. The van der Waals surface area contributed by atoms with E-state index in [0.29, 0.717) is 5.02 Å². The predicted molar refractivity (Wildman–Crippen MR) is 129 cm³/mol. The molecule has 3 fully saturated rings. The van der Waals surface area contributed by atoms with E-state index in [1.807, 2.05) is 0 Å². The maximum absolute atomic E-state index is 13.5. The van der Waals surface area contributed by atoms with E-state index in [4.69, 9.17) is 11.6 Å². The molecule has 3 aliphatic rings. The average Bonchev–Trinajstić information content (AvgIpc) is 3.43. The number of ketones is 1. The van der Waals surface area contributed by atoms with Crippen LogP contribution >= 0.6 is 43.5 Å². The summed E-state index contributed by atoms with van der Waals surface area (Å²) >= 11 is 13.2. The third-order valence-corrected chi connectivity index (χ3v) is 10.4. The molecular formula is C24H18Br2ClFN2O4. The van der Waals surface area contributed by atoms with E-state index in [9.17, 15) is 23.6 Å². The first kappa shape index (κ1) is 23.6. The van der Waals surface area contributed by atoms with E-state index in [1.54, 1.807) is 0 Å². The molecule has 6 nitrogen and oxygen atoms in total. The highest BCUT2D eigenvalue weighted by atomic mass is 79.9. The van der Waals surface area contributed by atoms with Gasteiger partial charge in [-0.3, -0.25) is 19.2 Å². The van der Waals surface area contributed by atoms with Gasteiger partial charge >= 0.3 is 0 Å². The van der Waals surface area contributed by atoms with Crippen LogP contribution in [0.2, 0.25) is 5.02 Å². The van der Waals surface area contributed by atoms with E-state index >= 15 is 0 Å². The summed E-state index contributed by atoms with van der Waals surface area (Å²) < 4.78 is 13.3. The topological polar surface area (TPSA) is 74.8 Å². The quantitative estimate of drug-likeness (QED) is 0.283. The summed E-state index contributed by atoms with van der Waals surface area (Å²) in [6.07, 6.45) is 0.742. The lowest BCUT2D eigenvalue weighted by Gasteiger charge is -2.31. The molecule has 0 unspecified atom stereocenters. The van der Waals surface area contributed by atoms with Crippen LogP contribution in [0.15, 0.2) is 48.5 Å². The Bertz CT molecular complexity index is 1160. The number of nitrogens with zero attached hydrogens (tertiary/aromatic N) is 2. The van der Waals surface area contributed by atoms with E-state index in [1.165, 1.54) is 36.4 Å². The maximum atomic E-state index is 13.5. The minimum Gasteiger partial charge on any atom is -0.292 e. The number of benzene rings is 2. The van der Waals surface area contributed by atoms with Gasteiger partial charge in [0.05, 0.1) is 11.8 Å². The highest BCUT2D eigenvalue weighted by Crippen LogP contribution is 2.60. The number of carbonyl (C=O) groups is 4. The number of hydrazine groups is 1. The van der Waals surface area contributed by atoms with Crippen LogP contribution in [-0.4, -0.2) is 49.7 Å². The van der Waals surface area contributed by atoms with Crippen molar-refractivity contribution in [3.05, 3.63) is 70.5 Å². The van der Waals surface area contributed by atoms with Gasteiger partial charge in [0, 0.05) is 25.8 Å². The molecule has 0 radical (unpaired) electrons. The van der Waals surface area contributed by atoms with Crippen molar-refractivity contribution in [3.63, 3.8) is 0 Å². The molecule has 6 atom stereocenters. The highest BCUT2D eigenvalue weighted by molar-refractivity contribution is 9.12. The molecule has 0 spiro atoms. The SMILES string of the molecule is O=C(CN(C(=O)c1ccc(Cl)cc1)N1C(=O)[C@@H]2[C@H]3C[C@@H]([C@H](Br)[C@H]3Br)[C@@H]2C1=O)c1ccc(F)cc1. The van der Waals surface area contributed by atoms with Crippen molar-refractivity contribution in [2.45, 2.75) is 16.1 Å². The predicted octanol–water partition coefficient (Wildman–Crippen LogP) is 4.50. The Morgan fingerprint density at radius 3 is 1.94 bits per heavy atom. The summed E-state index contributed by atoms with van der Waals surface area (Å²) in [5, 5.41) is 2.19. The van der Waals surface area contributed by atoms with E-state index < -0.39 is 47.7 Å². The Hall–Kier alpha value is -2.10. The van der Waals surface area contributed by atoms with Gasteiger partial charge in [0.1, 0.15) is 12.4 Å². The Morgan fingerprint density at radius 1 is 0.912 bits per heavy atom. The summed E-state index contributed by atoms with van der Waals surface area (Å²) in [5.74, 6) is -3.82. The van der Waals surface area contributed by atoms with Crippen LogP contribution in [0.1, 0.15) is 27.1 Å². The summed E-state index contributed by atoms with van der Waals surface area (Å²) in [4.78, 5) is 53.6. The van der Waals surface area contributed by atoms with Gasteiger partial charge in [-0.15, -0.1) is 0 Å². The normalized spacial score (nSPS) is 29.5. The molecule has 2 aromatic carbocycles. The molecular weight excluding hydrogens is 595 g/mol. The highest BCUT2D eigenvalue weighted by Gasteiger charge is 2.67. The molecule has 2 aliphatic carbocycles. The number of rotatable bonds is 5. The van der Waals surface area contributed by atoms with Gasteiger partial charge in [-0.25, -0.2) is 9.40 Å². The lowest BCUT2D eigenvalue weighted by molar-refractivity contribution is -0.154. The largest absolute Gasteiger partial charge is 0.292 e. The van der Waals surface area contributed by atoms with Gasteiger partial charge in [0.25, 0.3) is 17.7 Å². The molecule has 2 saturated carbocycles. The molecule has 34 heavy (non-hydrogen) atoms. The van der Waals surface area contributed by atoms with E-state index in [2.05, 4.69) is 31.9 Å². The Morgan fingerprint density at radius 2 is 1.41 bits per heavy atom. The monoisotopic (exact) mass is 610 g/mol. The van der Waals surface area contributed by atoms with Crippen molar-refractivity contribution in [1.29, 1.82) is 0 Å². The molecule has 1 saturated heterocycles. The van der Waals surface area contributed by atoms with E-state index in [0.717, 1.165) is 28.6 Å². The molecule has 2 aromatic rings. The molecule has 176 valence electrons. The second-order valence-corrected chi connectivity index (χ2v) is 11.3. The van der Waals surface area contributed by atoms with Crippen LogP contribution in [0.5, 0.6) is 0 Å². The number of Topliss-reactive ketones (excluding diaryl/α,β-unsaturated/α-hetero) is 1. The van der Waals surface area contributed by atoms with Crippen molar-refractivity contribution in [2.24, 2.45) is 23.7 Å². The van der Waals surface area contributed by atoms with Crippen LogP contribution in [0.25, 0.3) is 0 Å². The first-order valence-corrected chi connectivity index (χ1v) is 12.9. The van der Waals surface area contributed by atoms with Crippen LogP contribution in [-0.2, 0) is 9.59 Å². The summed E-state index contributed by atoms with van der Waals surface area (Å²) in [7, 11) is 0. The molecule has 3 amide bonds. The van der Waals surface area contributed by atoms with Gasteiger partial charge in [-0.05, 0) is 66.8 Å². The van der Waals surface area contributed by atoms with Crippen LogP contribution in [0.3, 0.4) is 0 Å². The first-order valence-electron chi connectivity index (χ1n) is 10.7. The molecule has 1 heterocycles. The number of alkyl halides is 2. The number of halogens is 4. The fourth-order valence-electron chi connectivity index (χ4n) is 5.41. The van der Waals surface area contributed by atoms with Crippen LogP contribution < -0.4 is 0 Å². The molecule has 5 rings (SSSR count). The zero-order chi connectivity index (χ0) is 24.3. The number of fused-ring (bicyclic) bond motifs is 5. The summed E-state index contributed by atoms with van der Waals surface area (Å²) in [6, 6.07) is 10.9. The number of imide groups is 1. The zero-order valence-electron chi connectivity index (χ0n) is 17.5. The van der Waals surface area contributed by atoms with Crippen molar-refractivity contribution >= 4 is 67.0 Å². The molecule has 10 heteroatoms. The summed E-state index contributed by atoms with van der Waals surface area (Å²) in [6.45, 7) is -0.547. The van der Waals surface area contributed by atoms with Crippen molar-refractivity contribution in [2.75, 3.05) is 6.54 Å². The number of hydrogen-bond acceptors (Lipinski definition) is 4. The number of amides is 3. The van der Waals surface area contributed by atoms with Crippen molar-refractivity contribution < 1.29 is 23.6 Å². The first-order chi connectivity index (χ1) is 16.2. The van der Waals surface area contributed by atoms with Crippen molar-refractivity contribution in [3.8, 4) is 0 Å². The molecule has 0 aromatic heterocycles. The van der Waals surface area contributed by atoms with Gasteiger partial charge in [-0.2, -0.15) is 5.01 Å². The second kappa shape index (κ2) is 8.84. The third-order valence-electron chi connectivity index (χ3n) is 6.99. The van der Waals surface area contributed by atoms with Gasteiger partial charge < -0.3 is 0 Å². The lowest BCUT2D eigenvalue weighted by Crippen LogP contribution is -2.52. The van der Waals surface area contributed by atoms with E-state index in [-0.39, 0.29) is 32.6 Å². The van der Waals surface area contributed by atoms with Crippen LogP contribution in [0.4, 0.5) is 4.39 Å². The standard InChI is InChI=1S/C24H18Br2ClFN2O4/c25-20-15-9-16(21(20)26)19-18(15)23(33)30(24(19)34)29(22(32)12-1-5-13(27)6-2-12)10-17(31)11-3-7-14(28)8-4-11/h1-8,15-16,18-21H,9-10H2/t15-,16-,18-,19+,20+,21+/m1/s1. The van der Waals surface area contributed by atoms with Crippen LogP contribution in [0, 0.1) is 29.5 Å². The van der Waals surface area contributed by atoms with Gasteiger partial charge in [0.15, 0.2) is 5.78 Å².